The molecule has 0 spiro atoms. The van der Waals surface area contributed by atoms with Crippen LogP contribution in [0.25, 0.3) is 11.4 Å². The van der Waals surface area contributed by atoms with Crippen LogP contribution in [0.5, 0.6) is 5.75 Å². The summed E-state index contributed by atoms with van der Waals surface area (Å²) in [7, 11) is 0. The predicted molar refractivity (Wildman–Crippen MR) is 66.9 cm³/mol. The number of ether oxygens (including phenoxy) is 1. The van der Waals surface area contributed by atoms with Gasteiger partial charge in [0.1, 0.15) is 11.6 Å². The molecule has 0 saturated heterocycles. The summed E-state index contributed by atoms with van der Waals surface area (Å²) in [4.78, 5) is 7.41. The molecule has 1 aliphatic carbocycles. The van der Waals surface area contributed by atoms with E-state index in [0.29, 0.717) is 6.10 Å². The standard InChI is InChI=1S/C14H16N2O/c1-2-6-11(5-1)17-13-8-4-3-7-12(13)14-15-9-10-16-14/h3-4,7-11H,1-2,5-6H2,(H,15,16). The molecule has 0 aliphatic heterocycles. The van der Waals surface area contributed by atoms with Crippen molar-refractivity contribution in [2.24, 2.45) is 0 Å². The van der Waals surface area contributed by atoms with E-state index in [-0.39, 0.29) is 0 Å². The fourth-order valence-electron chi connectivity index (χ4n) is 2.36. The SMILES string of the molecule is c1ccc(-c2ncc[nH]2)c(OC2CCCC2)c1. The highest BCUT2D eigenvalue weighted by Gasteiger charge is 2.18. The zero-order chi connectivity index (χ0) is 11.5. The van der Waals surface area contributed by atoms with E-state index in [1.165, 1.54) is 25.7 Å². The smallest absolute Gasteiger partial charge is 0.141 e. The highest BCUT2D eigenvalue weighted by atomic mass is 16.5. The lowest BCUT2D eigenvalue weighted by molar-refractivity contribution is 0.211. The Kier molecular flexibility index (Phi) is 2.82. The quantitative estimate of drug-likeness (QED) is 0.874. The zero-order valence-corrected chi connectivity index (χ0v) is 9.73. The molecule has 1 saturated carbocycles. The fourth-order valence-corrected chi connectivity index (χ4v) is 2.36. The summed E-state index contributed by atoms with van der Waals surface area (Å²) < 4.78 is 6.07. The van der Waals surface area contributed by atoms with Crippen molar-refractivity contribution in [3.8, 4) is 17.1 Å². The van der Waals surface area contributed by atoms with Gasteiger partial charge in [0.25, 0.3) is 0 Å². The molecule has 0 unspecified atom stereocenters. The van der Waals surface area contributed by atoms with E-state index in [0.717, 1.165) is 17.1 Å². The van der Waals surface area contributed by atoms with Crippen molar-refractivity contribution >= 4 is 0 Å². The molecule has 3 heteroatoms. The van der Waals surface area contributed by atoms with E-state index >= 15 is 0 Å². The summed E-state index contributed by atoms with van der Waals surface area (Å²) in [6, 6.07) is 8.09. The summed E-state index contributed by atoms with van der Waals surface area (Å²) >= 11 is 0. The average Bonchev–Trinajstić information content (AvgIpc) is 3.01. The average molecular weight is 228 g/mol. The normalized spacial score (nSPS) is 16.2. The minimum absolute atomic E-state index is 0.381. The van der Waals surface area contributed by atoms with Crippen LogP contribution in [0.2, 0.25) is 0 Å². The number of nitrogens with zero attached hydrogens (tertiary/aromatic N) is 1. The topological polar surface area (TPSA) is 37.9 Å². The van der Waals surface area contributed by atoms with E-state index in [2.05, 4.69) is 9.97 Å². The fraction of sp³-hybridized carbons (Fsp3) is 0.357. The second-order valence-electron chi connectivity index (χ2n) is 4.46. The lowest BCUT2D eigenvalue weighted by atomic mass is 10.2. The molecule has 1 aliphatic rings. The van der Waals surface area contributed by atoms with Gasteiger partial charge in [-0.25, -0.2) is 4.98 Å². The first kappa shape index (κ1) is 10.4. The Morgan fingerprint density at radius 2 is 2.00 bits per heavy atom. The summed E-state index contributed by atoms with van der Waals surface area (Å²) in [5.74, 6) is 1.81. The third-order valence-electron chi connectivity index (χ3n) is 3.24. The number of benzene rings is 1. The number of para-hydroxylation sites is 1. The molecule has 0 atom stereocenters. The van der Waals surface area contributed by atoms with Crippen molar-refractivity contribution in [1.29, 1.82) is 0 Å². The first-order valence-electron chi connectivity index (χ1n) is 6.19. The Bertz CT molecular complexity index is 473. The van der Waals surface area contributed by atoms with Crippen molar-refractivity contribution in [2.75, 3.05) is 0 Å². The monoisotopic (exact) mass is 228 g/mol. The van der Waals surface area contributed by atoms with Gasteiger partial charge in [-0.2, -0.15) is 0 Å². The van der Waals surface area contributed by atoms with Gasteiger partial charge in [-0.05, 0) is 37.8 Å². The van der Waals surface area contributed by atoms with Crippen molar-refractivity contribution in [3.05, 3.63) is 36.7 Å². The van der Waals surface area contributed by atoms with Crippen LogP contribution in [0.15, 0.2) is 36.7 Å². The summed E-state index contributed by atoms with van der Waals surface area (Å²) in [5, 5.41) is 0. The van der Waals surface area contributed by atoms with Gasteiger partial charge in [0, 0.05) is 12.4 Å². The number of hydrogen-bond donors (Lipinski definition) is 1. The van der Waals surface area contributed by atoms with Crippen molar-refractivity contribution in [3.63, 3.8) is 0 Å². The number of rotatable bonds is 3. The number of aromatic nitrogens is 2. The van der Waals surface area contributed by atoms with Crippen molar-refractivity contribution in [2.45, 2.75) is 31.8 Å². The predicted octanol–water partition coefficient (Wildman–Crippen LogP) is 3.40. The van der Waals surface area contributed by atoms with Gasteiger partial charge >= 0.3 is 0 Å². The minimum atomic E-state index is 0.381. The summed E-state index contributed by atoms with van der Waals surface area (Å²) in [6.45, 7) is 0. The highest BCUT2D eigenvalue weighted by molar-refractivity contribution is 5.63. The molecule has 0 amide bonds. The molecular weight excluding hydrogens is 212 g/mol. The van der Waals surface area contributed by atoms with E-state index in [1.807, 2.05) is 30.5 Å². The van der Waals surface area contributed by atoms with Crippen LogP contribution in [-0.4, -0.2) is 16.1 Å². The number of H-pyrrole nitrogens is 1. The second-order valence-corrected chi connectivity index (χ2v) is 4.46. The van der Waals surface area contributed by atoms with Gasteiger partial charge < -0.3 is 9.72 Å². The number of imidazole rings is 1. The Hall–Kier alpha value is -1.77. The molecule has 0 radical (unpaired) electrons. The van der Waals surface area contributed by atoms with E-state index < -0.39 is 0 Å². The van der Waals surface area contributed by atoms with Gasteiger partial charge in [0.05, 0.1) is 11.7 Å². The van der Waals surface area contributed by atoms with Crippen LogP contribution < -0.4 is 4.74 Å². The maximum absolute atomic E-state index is 6.07. The molecule has 0 bridgehead atoms. The third kappa shape index (κ3) is 2.18. The lowest BCUT2D eigenvalue weighted by Gasteiger charge is -2.15. The van der Waals surface area contributed by atoms with E-state index in [1.54, 1.807) is 6.20 Å². The largest absolute Gasteiger partial charge is 0.490 e. The summed E-state index contributed by atoms with van der Waals surface area (Å²) in [5.41, 5.74) is 1.05. The maximum Gasteiger partial charge on any atom is 0.141 e. The Morgan fingerprint density at radius 3 is 2.76 bits per heavy atom. The molecule has 3 rings (SSSR count). The van der Waals surface area contributed by atoms with Gasteiger partial charge in [-0.15, -0.1) is 0 Å². The van der Waals surface area contributed by atoms with Gasteiger partial charge in [0.2, 0.25) is 0 Å². The van der Waals surface area contributed by atoms with Crippen LogP contribution in [0.3, 0.4) is 0 Å². The Balaban J connectivity index is 1.88. The van der Waals surface area contributed by atoms with Crippen molar-refractivity contribution in [1.82, 2.24) is 9.97 Å². The van der Waals surface area contributed by atoms with Gasteiger partial charge in [0.15, 0.2) is 0 Å². The third-order valence-corrected chi connectivity index (χ3v) is 3.24. The van der Waals surface area contributed by atoms with Crippen LogP contribution >= 0.6 is 0 Å². The van der Waals surface area contributed by atoms with Gasteiger partial charge in [-0.1, -0.05) is 12.1 Å². The number of hydrogen-bond acceptors (Lipinski definition) is 2. The van der Waals surface area contributed by atoms with Crippen LogP contribution in [0.4, 0.5) is 0 Å². The lowest BCUT2D eigenvalue weighted by Crippen LogP contribution is -2.11. The molecule has 88 valence electrons. The Morgan fingerprint density at radius 1 is 1.18 bits per heavy atom. The van der Waals surface area contributed by atoms with Crippen LogP contribution in [0.1, 0.15) is 25.7 Å². The molecule has 3 nitrogen and oxygen atoms in total. The molecule has 1 fully saturated rings. The van der Waals surface area contributed by atoms with Crippen LogP contribution in [0, 0.1) is 0 Å². The summed E-state index contributed by atoms with van der Waals surface area (Å²) in [6.07, 6.45) is 8.90. The van der Waals surface area contributed by atoms with Crippen LogP contribution in [-0.2, 0) is 0 Å². The first-order chi connectivity index (χ1) is 8.43. The van der Waals surface area contributed by atoms with E-state index in [9.17, 15) is 0 Å². The molecule has 1 N–H and O–H groups in total. The zero-order valence-electron chi connectivity index (χ0n) is 9.73. The molecule has 2 aromatic rings. The first-order valence-corrected chi connectivity index (χ1v) is 6.19. The number of aromatic amines is 1. The highest BCUT2D eigenvalue weighted by Crippen LogP contribution is 2.31. The molecule has 1 aromatic heterocycles. The molecular formula is C14H16N2O. The maximum atomic E-state index is 6.07. The van der Waals surface area contributed by atoms with E-state index in [4.69, 9.17) is 4.74 Å². The minimum Gasteiger partial charge on any atom is -0.490 e. The molecule has 17 heavy (non-hydrogen) atoms. The second kappa shape index (κ2) is 4.62. The van der Waals surface area contributed by atoms with Gasteiger partial charge in [-0.3, -0.25) is 0 Å². The number of nitrogens with one attached hydrogen (secondary N) is 1. The Labute approximate surface area is 101 Å². The molecule has 1 aromatic carbocycles. The van der Waals surface area contributed by atoms with Crippen molar-refractivity contribution < 1.29 is 4.74 Å². The molecule has 1 heterocycles.